The molecule has 1 aliphatic heterocycles. The number of aryl methyl sites for hydroxylation is 2. The molecule has 0 aliphatic carbocycles. The van der Waals surface area contributed by atoms with Crippen LogP contribution in [0.2, 0.25) is 0 Å². The van der Waals surface area contributed by atoms with Crippen molar-refractivity contribution in [3.05, 3.63) is 64.6 Å². The van der Waals surface area contributed by atoms with Gasteiger partial charge < -0.3 is 10.1 Å². The zero-order valence-corrected chi connectivity index (χ0v) is 19.4. The predicted molar refractivity (Wildman–Crippen MR) is 129 cm³/mol. The Balaban J connectivity index is 1.31. The minimum atomic E-state index is 0.763. The van der Waals surface area contributed by atoms with Gasteiger partial charge in [0.1, 0.15) is 16.5 Å². The van der Waals surface area contributed by atoms with E-state index >= 15 is 0 Å². The van der Waals surface area contributed by atoms with E-state index in [1.807, 2.05) is 16.9 Å². The van der Waals surface area contributed by atoms with Crippen LogP contribution in [0.5, 0.6) is 0 Å². The highest BCUT2D eigenvalue weighted by atomic mass is 32.1. The van der Waals surface area contributed by atoms with Crippen molar-refractivity contribution in [2.75, 3.05) is 38.2 Å². The number of aromatic nitrogens is 4. The maximum absolute atomic E-state index is 5.48. The molecule has 1 N–H and O–H groups in total. The Morgan fingerprint density at radius 2 is 1.91 bits per heavy atom. The third kappa shape index (κ3) is 4.53. The fraction of sp³-hybridized carbons (Fsp3) is 0.375. The van der Waals surface area contributed by atoms with Crippen LogP contribution >= 0.6 is 11.3 Å². The number of hydrogen-bond acceptors (Lipinski definition) is 7. The van der Waals surface area contributed by atoms with Gasteiger partial charge in [-0.1, -0.05) is 12.1 Å². The highest BCUT2D eigenvalue weighted by Crippen LogP contribution is 2.33. The Morgan fingerprint density at radius 3 is 2.66 bits per heavy atom. The number of thiophene rings is 1. The fourth-order valence-corrected chi connectivity index (χ4v) is 5.06. The van der Waals surface area contributed by atoms with Gasteiger partial charge in [0, 0.05) is 36.9 Å². The molecule has 0 saturated carbocycles. The van der Waals surface area contributed by atoms with Crippen molar-refractivity contribution in [3.63, 3.8) is 0 Å². The highest BCUT2D eigenvalue weighted by Gasteiger charge is 2.17. The molecule has 5 rings (SSSR count). The summed E-state index contributed by atoms with van der Waals surface area (Å²) in [6.45, 7) is 9.33. The third-order valence-corrected chi connectivity index (χ3v) is 7.06. The SMILES string of the molecule is Cc1sc2nc(CN3CCOCC3)nc(NCCc3ccc(-n4cccn4)cc3)c2c1C. The first-order chi connectivity index (χ1) is 15.7. The van der Waals surface area contributed by atoms with E-state index in [4.69, 9.17) is 14.7 Å². The van der Waals surface area contributed by atoms with Gasteiger partial charge in [0.15, 0.2) is 0 Å². The molecule has 3 aromatic heterocycles. The minimum absolute atomic E-state index is 0.763. The average molecular weight is 449 g/mol. The zero-order valence-electron chi connectivity index (χ0n) is 18.5. The quantitative estimate of drug-likeness (QED) is 0.461. The first-order valence-corrected chi connectivity index (χ1v) is 11.9. The van der Waals surface area contributed by atoms with Crippen LogP contribution in [0.3, 0.4) is 0 Å². The summed E-state index contributed by atoms with van der Waals surface area (Å²) in [5.41, 5.74) is 3.63. The van der Waals surface area contributed by atoms with E-state index in [2.05, 4.69) is 53.4 Å². The second kappa shape index (κ2) is 9.36. The molecule has 1 aromatic carbocycles. The van der Waals surface area contributed by atoms with Crippen LogP contribution in [0.25, 0.3) is 15.9 Å². The molecular weight excluding hydrogens is 420 g/mol. The van der Waals surface area contributed by atoms with Gasteiger partial charge in [0.2, 0.25) is 0 Å². The average Bonchev–Trinajstić information content (AvgIpc) is 3.44. The van der Waals surface area contributed by atoms with E-state index < -0.39 is 0 Å². The van der Waals surface area contributed by atoms with Crippen LogP contribution in [0.15, 0.2) is 42.7 Å². The van der Waals surface area contributed by atoms with Gasteiger partial charge in [0.25, 0.3) is 0 Å². The number of nitrogens with zero attached hydrogens (tertiary/aromatic N) is 5. The van der Waals surface area contributed by atoms with Gasteiger partial charge in [0.05, 0.1) is 30.8 Å². The number of nitrogens with one attached hydrogen (secondary N) is 1. The Morgan fingerprint density at radius 1 is 1.09 bits per heavy atom. The van der Waals surface area contributed by atoms with Crippen molar-refractivity contribution >= 4 is 27.4 Å². The number of morpholine rings is 1. The molecule has 4 heterocycles. The van der Waals surface area contributed by atoms with Crippen LogP contribution in [0.4, 0.5) is 5.82 Å². The van der Waals surface area contributed by atoms with E-state index in [1.165, 1.54) is 16.0 Å². The summed E-state index contributed by atoms with van der Waals surface area (Å²) in [4.78, 5) is 14.6. The van der Waals surface area contributed by atoms with Crippen LogP contribution in [-0.2, 0) is 17.7 Å². The molecule has 1 aliphatic rings. The second-order valence-electron chi connectivity index (χ2n) is 8.13. The molecule has 7 nitrogen and oxygen atoms in total. The topological polar surface area (TPSA) is 68.1 Å². The lowest BCUT2D eigenvalue weighted by Crippen LogP contribution is -2.36. The van der Waals surface area contributed by atoms with Gasteiger partial charge in [-0.3, -0.25) is 4.90 Å². The molecule has 0 unspecified atom stereocenters. The number of benzene rings is 1. The minimum Gasteiger partial charge on any atom is -0.379 e. The summed E-state index contributed by atoms with van der Waals surface area (Å²) >= 11 is 1.76. The number of fused-ring (bicyclic) bond motifs is 1. The lowest BCUT2D eigenvalue weighted by molar-refractivity contribution is 0.0331. The van der Waals surface area contributed by atoms with E-state index in [0.717, 1.165) is 73.4 Å². The lowest BCUT2D eigenvalue weighted by Gasteiger charge is -2.25. The largest absolute Gasteiger partial charge is 0.379 e. The highest BCUT2D eigenvalue weighted by molar-refractivity contribution is 7.18. The van der Waals surface area contributed by atoms with Gasteiger partial charge in [-0.15, -0.1) is 11.3 Å². The molecule has 166 valence electrons. The molecular formula is C24H28N6OS. The van der Waals surface area contributed by atoms with E-state index in [1.54, 1.807) is 17.5 Å². The first-order valence-electron chi connectivity index (χ1n) is 11.1. The Labute approximate surface area is 192 Å². The van der Waals surface area contributed by atoms with Gasteiger partial charge in [-0.2, -0.15) is 5.10 Å². The smallest absolute Gasteiger partial charge is 0.146 e. The van der Waals surface area contributed by atoms with Crippen molar-refractivity contribution in [2.24, 2.45) is 0 Å². The number of rotatable bonds is 7. The number of ether oxygens (including phenoxy) is 1. The van der Waals surface area contributed by atoms with E-state index in [9.17, 15) is 0 Å². The van der Waals surface area contributed by atoms with Gasteiger partial charge in [-0.25, -0.2) is 14.6 Å². The molecule has 0 atom stereocenters. The van der Waals surface area contributed by atoms with Crippen molar-refractivity contribution in [1.82, 2.24) is 24.6 Å². The normalized spacial score (nSPS) is 14.8. The maximum atomic E-state index is 5.48. The molecule has 1 fully saturated rings. The van der Waals surface area contributed by atoms with Crippen LogP contribution in [0.1, 0.15) is 21.8 Å². The molecule has 1 saturated heterocycles. The Hall–Kier alpha value is -2.81. The van der Waals surface area contributed by atoms with Crippen molar-refractivity contribution in [1.29, 1.82) is 0 Å². The molecule has 8 heteroatoms. The summed E-state index contributed by atoms with van der Waals surface area (Å²) in [6.07, 6.45) is 4.67. The monoisotopic (exact) mass is 448 g/mol. The van der Waals surface area contributed by atoms with Crippen LogP contribution in [0, 0.1) is 13.8 Å². The van der Waals surface area contributed by atoms with Crippen molar-refractivity contribution in [3.8, 4) is 5.69 Å². The van der Waals surface area contributed by atoms with Crippen molar-refractivity contribution in [2.45, 2.75) is 26.8 Å². The first kappa shape index (κ1) is 21.1. The van der Waals surface area contributed by atoms with Crippen LogP contribution in [-0.4, -0.2) is 57.5 Å². The molecule has 0 radical (unpaired) electrons. The van der Waals surface area contributed by atoms with Crippen LogP contribution < -0.4 is 5.32 Å². The Bertz CT molecular complexity index is 1180. The summed E-state index contributed by atoms with van der Waals surface area (Å²) in [5.74, 6) is 1.83. The second-order valence-corrected chi connectivity index (χ2v) is 9.34. The van der Waals surface area contributed by atoms with Gasteiger partial charge >= 0.3 is 0 Å². The predicted octanol–water partition coefficient (Wildman–Crippen LogP) is 3.98. The summed E-state index contributed by atoms with van der Waals surface area (Å²) in [5, 5.41) is 9.05. The summed E-state index contributed by atoms with van der Waals surface area (Å²) in [7, 11) is 0. The summed E-state index contributed by atoms with van der Waals surface area (Å²) in [6, 6.07) is 10.5. The number of anilines is 1. The molecule has 0 bridgehead atoms. The molecule has 0 amide bonds. The maximum Gasteiger partial charge on any atom is 0.146 e. The third-order valence-electron chi connectivity index (χ3n) is 5.96. The Kier molecular flexibility index (Phi) is 6.16. The fourth-order valence-electron chi connectivity index (χ4n) is 4.01. The van der Waals surface area contributed by atoms with E-state index in [0.29, 0.717) is 0 Å². The number of hydrogen-bond donors (Lipinski definition) is 1. The standard InChI is InChI=1S/C24H28N6OS/c1-17-18(2)32-24-22(17)23(27-21(28-24)16-29-12-14-31-15-13-29)25-10-8-19-4-6-20(7-5-19)30-11-3-9-26-30/h3-7,9,11H,8,10,12-16H2,1-2H3,(H,25,27,28). The zero-order chi connectivity index (χ0) is 21.9. The molecule has 32 heavy (non-hydrogen) atoms. The van der Waals surface area contributed by atoms with Crippen molar-refractivity contribution < 1.29 is 4.74 Å². The molecule has 0 spiro atoms. The summed E-state index contributed by atoms with van der Waals surface area (Å²) < 4.78 is 7.35. The van der Waals surface area contributed by atoms with E-state index in [-0.39, 0.29) is 0 Å². The van der Waals surface area contributed by atoms with Gasteiger partial charge in [-0.05, 0) is 49.6 Å². The lowest BCUT2D eigenvalue weighted by atomic mass is 10.1. The molecule has 4 aromatic rings.